The van der Waals surface area contributed by atoms with Crippen molar-refractivity contribution in [2.45, 2.75) is 26.4 Å². The summed E-state index contributed by atoms with van der Waals surface area (Å²) < 4.78 is 5.79. The van der Waals surface area contributed by atoms with Crippen LogP contribution in [0.4, 0.5) is 4.79 Å². The lowest BCUT2D eigenvalue weighted by Crippen LogP contribution is -2.31. The average Bonchev–Trinajstić information content (AvgIpc) is 1.81. The number of amides is 1. The van der Waals surface area contributed by atoms with Gasteiger partial charge in [-0.1, -0.05) is 0 Å². The van der Waals surface area contributed by atoms with E-state index in [1.54, 1.807) is 13.2 Å². The SMILES string of the molecule is CN(C=C(Br)Br)C(=O)OC(C)(C)C. The lowest BCUT2D eigenvalue weighted by atomic mass is 10.2. The van der Waals surface area contributed by atoms with E-state index < -0.39 is 5.60 Å². The van der Waals surface area contributed by atoms with E-state index in [1.165, 1.54) is 4.90 Å². The number of hydrogen-bond donors (Lipinski definition) is 0. The predicted octanol–water partition coefficient (Wildman–Crippen LogP) is 3.44. The van der Waals surface area contributed by atoms with Gasteiger partial charge >= 0.3 is 6.09 Å². The molecule has 0 rings (SSSR count). The van der Waals surface area contributed by atoms with E-state index >= 15 is 0 Å². The first-order chi connectivity index (χ1) is 5.72. The third kappa shape index (κ3) is 7.07. The van der Waals surface area contributed by atoms with Crippen molar-refractivity contribution in [2.24, 2.45) is 0 Å². The Morgan fingerprint density at radius 3 is 2.15 bits per heavy atom. The van der Waals surface area contributed by atoms with Crippen LogP contribution in [0.5, 0.6) is 0 Å². The van der Waals surface area contributed by atoms with Crippen LogP contribution in [0.2, 0.25) is 0 Å². The molecule has 0 saturated carbocycles. The second-order valence-electron chi connectivity index (χ2n) is 3.51. The van der Waals surface area contributed by atoms with E-state index in [-0.39, 0.29) is 6.09 Å². The fraction of sp³-hybridized carbons (Fsp3) is 0.625. The fourth-order valence-corrected chi connectivity index (χ4v) is 1.15. The van der Waals surface area contributed by atoms with E-state index in [9.17, 15) is 4.79 Å². The molecule has 0 radical (unpaired) electrons. The molecule has 0 N–H and O–H groups in total. The molecular formula is C8H13Br2NO2. The molecule has 0 aliphatic heterocycles. The van der Waals surface area contributed by atoms with Crippen LogP contribution in [0.3, 0.4) is 0 Å². The molecule has 0 unspecified atom stereocenters. The quantitative estimate of drug-likeness (QED) is 0.742. The zero-order chi connectivity index (χ0) is 10.6. The van der Waals surface area contributed by atoms with Gasteiger partial charge in [0.05, 0.1) is 3.39 Å². The minimum Gasteiger partial charge on any atom is -0.443 e. The lowest BCUT2D eigenvalue weighted by Gasteiger charge is -2.22. The number of ether oxygens (including phenoxy) is 1. The number of halogens is 2. The van der Waals surface area contributed by atoms with Gasteiger partial charge in [0.1, 0.15) is 5.60 Å². The smallest absolute Gasteiger partial charge is 0.414 e. The van der Waals surface area contributed by atoms with Gasteiger partial charge in [-0.15, -0.1) is 0 Å². The highest BCUT2D eigenvalue weighted by Crippen LogP contribution is 2.15. The summed E-state index contributed by atoms with van der Waals surface area (Å²) >= 11 is 6.30. The molecule has 0 aliphatic carbocycles. The Balaban J connectivity index is 4.21. The van der Waals surface area contributed by atoms with E-state index in [0.717, 1.165) is 0 Å². The van der Waals surface area contributed by atoms with Crippen molar-refractivity contribution in [1.82, 2.24) is 4.90 Å². The molecule has 0 spiro atoms. The molecule has 0 saturated heterocycles. The summed E-state index contributed by atoms with van der Waals surface area (Å²) in [5.74, 6) is 0. The Bertz CT molecular complexity index is 217. The first kappa shape index (κ1) is 13.0. The van der Waals surface area contributed by atoms with Crippen molar-refractivity contribution < 1.29 is 9.53 Å². The summed E-state index contributed by atoms with van der Waals surface area (Å²) in [5.41, 5.74) is -0.460. The number of rotatable bonds is 1. The average molecular weight is 315 g/mol. The summed E-state index contributed by atoms with van der Waals surface area (Å²) in [6.07, 6.45) is 1.19. The van der Waals surface area contributed by atoms with Gasteiger partial charge in [0.15, 0.2) is 0 Å². The third-order valence-corrected chi connectivity index (χ3v) is 1.38. The maximum Gasteiger partial charge on any atom is 0.414 e. The topological polar surface area (TPSA) is 29.5 Å². The van der Waals surface area contributed by atoms with Gasteiger partial charge in [0.25, 0.3) is 0 Å². The van der Waals surface area contributed by atoms with Crippen molar-refractivity contribution >= 4 is 38.0 Å². The summed E-state index contributed by atoms with van der Waals surface area (Å²) in [4.78, 5) is 12.7. The molecule has 3 nitrogen and oxygen atoms in total. The van der Waals surface area contributed by atoms with E-state index in [4.69, 9.17) is 4.74 Å². The number of carbonyl (C=O) groups is 1. The summed E-state index contributed by atoms with van der Waals surface area (Å²) in [6, 6.07) is 0. The molecule has 76 valence electrons. The van der Waals surface area contributed by atoms with Crippen molar-refractivity contribution in [3.05, 3.63) is 9.59 Å². The summed E-state index contributed by atoms with van der Waals surface area (Å²) in [7, 11) is 1.62. The van der Waals surface area contributed by atoms with Crippen LogP contribution in [0.15, 0.2) is 9.59 Å². The second kappa shape index (κ2) is 5.00. The summed E-state index contributed by atoms with van der Waals surface area (Å²) in [5, 5.41) is 0. The Kier molecular flexibility index (Phi) is 4.99. The van der Waals surface area contributed by atoms with E-state index in [2.05, 4.69) is 31.9 Å². The monoisotopic (exact) mass is 313 g/mol. The van der Waals surface area contributed by atoms with Crippen LogP contribution in [-0.2, 0) is 4.74 Å². The standard InChI is InChI=1S/C8H13Br2NO2/c1-8(2,3)13-7(12)11(4)5-6(9)10/h5H,1-4H3. The van der Waals surface area contributed by atoms with Gasteiger partial charge in [-0.05, 0) is 52.6 Å². The minimum atomic E-state index is -0.460. The number of nitrogens with zero attached hydrogens (tertiary/aromatic N) is 1. The van der Waals surface area contributed by atoms with Crippen LogP contribution >= 0.6 is 31.9 Å². The van der Waals surface area contributed by atoms with Crippen molar-refractivity contribution in [3.8, 4) is 0 Å². The van der Waals surface area contributed by atoms with Gasteiger partial charge in [-0.25, -0.2) is 4.79 Å². The van der Waals surface area contributed by atoms with Crippen LogP contribution in [-0.4, -0.2) is 23.6 Å². The highest BCUT2D eigenvalue weighted by atomic mass is 79.9. The maximum atomic E-state index is 11.3. The molecule has 0 aromatic carbocycles. The van der Waals surface area contributed by atoms with Gasteiger partial charge in [-0.2, -0.15) is 0 Å². The number of hydrogen-bond acceptors (Lipinski definition) is 2. The van der Waals surface area contributed by atoms with Gasteiger partial charge in [-0.3, -0.25) is 4.90 Å². The van der Waals surface area contributed by atoms with Crippen LogP contribution in [0.25, 0.3) is 0 Å². The molecule has 0 aliphatic rings. The lowest BCUT2D eigenvalue weighted by molar-refractivity contribution is 0.0372. The van der Waals surface area contributed by atoms with Crippen molar-refractivity contribution in [1.29, 1.82) is 0 Å². The largest absolute Gasteiger partial charge is 0.443 e. The van der Waals surface area contributed by atoms with Gasteiger partial charge < -0.3 is 4.74 Å². The third-order valence-electron chi connectivity index (χ3n) is 0.973. The maximum absolute atomic E-state index is 11.3. The Labute approximate surface area is 95.4 Å². The number of carbonyl (C=O) groups excluding carboxylic acids is 1. The Hall–Kier alpha value is -0.0300. The van der Waals surface area contributed by atoms with Crippen molar-refractivity contribution in [3.63, 3.8) is 0 Å². The molecule has 0 bridgehead atoms. The second-order valence-corrected chi connectivity index (χ2v) is 6.28. The molecule has 5 heteroatoms. The zero-order valence-electron chi connectivity index (χ0n) is 8.10. The highest BCUT2D eigenvalue weighted by Gasteiger charge is 2.18. The Morgan fingerprint density at radius 2 is 1.85 bits per heavy atom. The van der Waals surface area contributed by atoms with Crippen LogP contribution in [0, 0.1) is 0 Å². The molecule has 0 heterocycles. The minimum absolute atomic E-state index is 0.385. The highest BCUT2D eigenvalue weighted by molar-refractivity contribution is 9.28. The Morgan fingerprint density at radius 1 is 1.38 bits per heavy atom. The molecular weight excluding hydrogens is 302 g/mol. The van der Waals surface area contributed by atoms with Crippen molar-refractivity contribution in [2.75, 3.05) is 7.05 Å². The fourth-order valence-electron chi connectivity index (χ4n) is 0.533. The molecule has 0 aromatic heterocycles. The predicted molar refractivity (Wildman–Crippen MR) is 59.9 cm³/mol. The molecule has 1 amide bonds. The summed E-state index contributed by atoms with van der Waals surface area (Å²) in [6.45, 7) is 5.48. The zero-order valence-corrected chi connectivity index (χ0v) is 11.3. The molecule has 0 fully saturated rings. The normalized spacial score (nSPS) is 10.6. The first-order valence-corrected chi connectivity index (χ1v) is 5.29. The van der Waals surface area contributed by atoms with Gasteiger partial charge in [0, 0.05) is 13.2 Å². The van der Waals surface area contributed by atoms with E-state index in [1.807, 2.05) is 20.8 Å². The molecule has 0 aromatic rings. The molecule has 13 heavy (non-hydrogen) atoms. The van der Waals surface area contributed by atoms with Gasteiger partial charge in [0.2, 0.25) is 0 Å². The van der Waals surface area contributed by atoms with Crippen LogP contribution < -0.4 is 0 Å². The van der Waals surface area contributed by atoms with Crippen LogP contribution in [0.1, 0.15) is 20.8 Å². The van der Waals surface area contributed by atoms with E-state index in [0.29, 0.717) is 3.39 Å². The first-order valence-electron chi connectivity index (χ1n) is 3.71. The molecule has 0 atom stereocenters.